The molecule has 1 saturated heterocycles. The Morgan fingerprint density at radius 2 is 1.51 bits per heavy atom. The lowest BCUT2D eigenvalue weighted by Gasteiger charge is -2.35. The highest BCUT2D eigenvalue weighted by atomic mass is 19.4. The Morgan fingerprint density at radius 3 is 2.03 bits per heavy atom. The van der Waals surface area contributed by atoms with E-state index >= 15 is 0 Å². The Bertz CT molecular complexity index is 1480. The standard InChI is InChI=1S/C36H55F3N6O8.C3H8.C3H4/c1-7-8-9-13-17-25(32(50)44(5)6)41-27(46)22-40-31(49)29(47)24(19-20-36(37,38)39)42-30(48)26-18-14-21-45(26)33(51)28(23-15-11-10-12-16-23)43-34(52)53-35(2,3)4;2*1-3-2/h7-9,13,23-26,28H,10-12,14-22H2,1-6H3,(H,40,49)(H,41,46)(H,42,48)(H,43,52);3H2,1-2H3;1H,2H3/b8-7-,13-9-;;. The molecule has 0 aromatic heterocycles. The van der Waals surface area contributed by atoms with Crippen molar-refractivity contribution in [1.82, 2.24) is 31.1 Å². The summed E-state index contributed by atoms with van der Waals surface area (Å²) in [5.41, 5.74) is -0.842. The molecule has 334 valence electrons. The summed E-state index contributed by atoms with van der Waals surface area (Å²) in [5.74, 6) is -3.59. The average molecular weight is 841 g/mol. The number of likely N-dealkylation sites (tertiary alicyclic amines) is 1. The van der Waals surface area contributed by atoms with Crippen LogP contribution in [-0.4, -0.2) is 114 Å². The largest absolute Gasteiger partial charge is 0.444 e. The number of allylic oxidation sites excluding steroid dienone is 3. The molecular weight excluding hydrogens is 773 g/mol. The van der Waals surface area contributed by atoms with Crippen molar-refractivity contribution in [2.75, 3.05) is 27.2 Å². The van der Waals surface area contributed by atoms with Crippen molar-refractivity contribution in [3.8, 4) is 12.3 Å². The molecule has 1 aliphatic heterocycles. The second-order valence-corrected chi connectivity index (χ2v) is 15.5. The summed E-state index contributed by atoms with van der Waals surface area (Å²) in [6.07, 6.45) is 9.19. The van der Waals surface area contributed by atoms with Gasteiger partial charge in [-0.05, 0) is 79.1 Å². The fourth-order valence-electron chi connectivity index (χ4n) is 6.20. The van der Waals surface area contributed by atoms with Crippen molar-refractivity contribution in [3.63, 3.8) is 0 Å². The summed E-state index contributed by atoms with van der Waals surface area (Å²) in [6, 6.07) is -5.13. The minimum Gasteiger partial charge on any atom is -0.444 e. The predicted octanol–water partition coefficient (Wildman–Crippen LogP) is 5.11. The number of nitrogens with one attached hydrogen (secondary N) is 4. The molecule has 1 saturated carbocycles. The molecule has 59 heavy (non-hydrogen) atoms. The van der Waals surface area contributed by atoms with E-state index in [0.29, 0.717) is 19.3 Å². The van der Waals surface area contributed by atoms with E-state index in [2.05, 4.69) is 47.5 Å². The monoisotopic (exact) mass is 840 g/mol. The first-order chi connectivity index (χ1) is 27.6. The highest BCUT2D eigenvalue weighted by Gasteiger charge is 2.43. The molecule has 0 spiro atoms. The van der Waals surface area contributed by atoms with Crippen molar-refractivity contribution < 1.29 is 51.5 Å². The smallest absolute Gasteiger partial charge is 0.408 e. The van der Waals surface area contributed by atoms with Crippen LogP contribution in [0.5, 0.6) is 0 Å². The van der Waals surface area contributed by atoms with Crippen LogP contribution in [-0.2, 0) is 33.5 Å². The molecular formula is C42H67F3N6O8. The second-order valence-electron chi connectivity index (χ2n) is 15.5. The van der Waals surface area contributed by atoms with Crippen LogP contribution < -0.4 is 21.3 Å². The van der Waals surface area contributed by atoms with Crippen molar-refractivity contribution in [2.24, 2.45) is 5.92 Å². The Morgan fingerprint density at radius 1 is 0.915 bits per heavy atom. The Kier molecular flexibility index (Phi) is 25.4. The van der Waals surface area contributed by atoms with E-state index in [1.807, 2.05) is 0 Å². The van der Waals surface area contributed by atoms with E-state index in [-0.39, 0.29) is 25.3 Å². The number of rotatable bonds is 16. The van der Waals surface area contributed by atoms with Crippen molar-refractivity contribution in [3.05, 3.63) is 24.3 Å². The average Bonchev–Trinajstić information content (AvgIpc) is 3.65. The van der Waals surface area contributed by atoms with E-state index in [0.717, 1.165) is 19.3 Å². The summed E-state index contributed by atoms with van der Waals surface area (Å²) in [7, 11) is 2.98. The number of carbonyl (C=O) groups excluding carboxylic acids is 7. The number of carbonyl (C=O) groups is 7. The summed E-state index contributed by atoms with van der Waals surface area (Å²) < 4.78 is 45.2. The number of Topliss-reactive ketones (excluding diaryl/α,β-unsaturated/α-hetero) is 1. The van der Waals surface area contributed by atoms with E-state index in [9.17, 15) is 46.7 Å². The number of hydrogen-bond acceptors (Lipinski definition) is 8. The van der Waals surface area contributed by atoms with Crippen LogP contribution in [0.25, 0.3) is 0 Å². The van der Waals surface area contributed by atoms with Crippen LogP contribution in [0.3, 0.4) is 0 Å². The number of halogens is 3. The number of nitrogens with zero attached hydrogens (tertiary/aromatic N) is 2. The van der Waals surface area contributed by atoms with Gasteiger partial charge in [0, 0.05) is 27.1 Å². The molecule has 1 aliphatic carbocycles. The van der Waals surface area contributed by atoms with Gasteiger partial charge < -0.3 is 35.8 Å². The number of terminal acetylenes is 1. The summed E-state index contributed by atoms with van der Waals surface area (Å²) in [6.45, 7) is 12.1. The molecule has 4 N–H and O–H groups in total. The van der Waals surface area contributed by atoms with Crippen LogP contribution in [0.2, 0.25) is 0 Å². The maximum Gasteiger partial charge on any atom is 0.408 e. The zero-order valence-electron chi connectivity index (χ0n) is 36.3. The molecule has 4 unspecified atom stereocenters. The van der Waals surface area contributed by atoms with E-state index in [4.69, 9.17) is 4.74 Å². The van der Waals surface area contributed by atoms with Gasteiger partial charge in [0.2, 0.25) is 29.4 Å². The number of amides is 6. The first kappa shape index (κ1) is 54.1. The van der Waals surface area contributed by atoms with Crippen molar-refractivity contribution in [1.29, 1.82) is 0 Å². The number of ether oxygens (including phenoxy) is 1. The molecule has 14 nitrogen and oxygen atoms in total. The third kappa shape index (κ3) is 22.2. The van der Waals surface area contributed by atoms with Gasteiger partial charge >= 0.3 is 12.3 Å². The minimum atomic E-state index is -4.73. The quantitative estimate of drug-likeness (QED) is 0.0939. The normalized spacial score (nSPS) is 17.1. The fraction of sp³-hybridized carbons (Fsp3) is 0.690. The molecule has 0 radical (unpaired) electrons. The zero-order valence-corrected chi connectivity index (χ0v) is 36.3. The number of ketones is 1. The van der Waals surface area contributed by atoms with E-state index in [1.165, 1.54) is 30.3 Å². The Hall–Kier alpha value is -4.88. The highest BCUT2D eigenvalue weighted by molar-refractivity contribution is 6.38. The van der Waals surface area contributed by atoms with E-state index in [1.54, 1.807) is 58.9 Å². The molecule has 1 heterocycles. The molecule has 6 amide bonds. The summed E-state index contributed by atoms with van der Waals surface area (Å²) in [4.78, 5) is 94.0. The van der Waals surface area contributed by atoms with Gasteiger partial charge in [-0.15, -0.1) is 12.3 Å². The van der Waals surface area contributed by atoms with Gasteiger partial charge in [0.15, 0.2) is 0 Å². The molecule has 0 aromatic rings. The Balaban J connectivity index is 0.00000526. The van der Waals surface area contributed by atoms with Gasteiger partial charge in [-0.1, -0.05) is 63.8 Å². The molecule has 17 heteroatoms. The zero-order chi connectivity index (χ0) is 45.3. The SMILES string of the molecule is C#CC.C/C=C\C=C/CC(NC(=O)CNC(=O)C(=O)C(CCC(F)(F)F)NC(=O)C1CCCN1C(=O)C(NC(=O)OC(C)(C)C)C1CCCCC1)C(=O)N(C)C.CCC. The summed E-state index contributed by atoms with van der Waals surface area (Å²) >= 11 is 0. The van der Waals surface area contributed by atoms with Gasteiger partial charge in [0.1, 0.15) is 23.7 Å². The molecule has 2 rings (SSSR count). The van der Waals surface area contributed by atoms with Gasteiger partial charge in [-0.2, -0.15) is 13.2 Å². The first-order valence-electron chi connectivity index (χ1n) is 20.2. The number of hydrogen-bond donors (Lipinski definition) is 4. The van der Waals surface area contributed by atoms with Gasteiger partial charge in [-0.25, -0.2) is 4.79 Å². The maximum atomic E-state index is 14.0. The van der Waals surface area contributed by atoms with Gasteiger partial charge in [-0.3, -0.25) is 28.8 Å². The predicted molar refractivity (Wildman–Crippen MR) is 219 cm³/mol. The lowest BCUT2D eigenvalue weighted by Crippen LogP contribution is -2.58. The van der Waals surface area contributed by atoms with E-state index < -0.39 is 96.7 Å². The van der Waals surface area contributed by atoms with Crippen molar-refractivity contribution >= 4 is 41.4 Å². The highest BCUT2D eigenvalue weighted by Crippen LogP contribution is 2.30. The molecule has 2 fully saturated rings. The third-order valence-electron chi connectivity index (χ3n) is 8.77. The number of alkyl halides is 3. The third-order valence-corrected chi connectivity index (χ3v) is 8.77. The first-order valence-corrected chi connectivity index (χ1v) is 20.2. The number of likely N-dealkylation sites (N-methyl/N-ethyl adjacent to an activating group) is 1. The van der Waals surface area contributed by atoms with Crippen molar-refractivity contribution in [2.45, 2.75) is 155 Å². The molecule has 2 aliphatic rings. The van der Waals surface area contributed by atoms with Crippen LogP contribution >= 0.6 is 0 Å². The summed E-state index contributed by atoms with van der Waals surface area (Å²) in [5, 5.41) is 9.45. The Labute approximate surface area is 348 Å². The maximum absolute atomic E-state index is 14.0. The second kappa shape index (κ2) is 27.7. The van der Waals surface area contributed by atoms with Crippen LogP contribution in [0.15, 0.2) is 24.3 Å². The molecule has 0 aromatic carbocycles. The lowest BCUT2D eigenvalue weighted by molar-refractivity contribution is -0.147. The van der Waals surface area contributed by atoms with Crippen LogP contribution in [0.4, 0.5) is 18.0 Å². The van der Waals surface area contributed by atoms with Crippen LogP contribution in [0.1, 0.15) is 119 Å². The number of alkyl carbamates (subject to hydrolysis) is 1. The van der Waals surface area contributed by atoms with Gasteiger partial charge in [0.25, 0.3) is 5.91 Å². The topological polar surface area (TPSA) is 183 Å². The molecule has 0 bridgehead atoms. The minimum absolute atomic E-state index is 0.116. The van der Waals surface area contributed by atoms with Crippen LogP contribution in [0, 0.1) is 18.3 Å². The lowest BCUT2D eigenvalue weighted by atomic mass is 9.83. The van der Waals surface area contributed by atoms with Gasteiger partial charge in [0.05, 0.1) is 12.6 Å². The molecule has 4 atom stereocenters. The fourth-order valence-corrected chi connectivity index (χ4v) is 6.20.